The SMILES string of the molecule is CCC(c1cc(OC)c(N)c(OC)c1)c1cc(OC)c(N)c(OC)c1. The van der Waals surface area contributed by atoms with Crippen molar-refractivity contribution in [1.29, 1.82) is 0 Å². The molecule has 0 atom stereocenters. The van der Waals surface area contributed by atoms with Crippen LogP contribution in [0, 0.1) is 0 Å². The van der Waals surface area contributed by atoms with Crippen molar-refractivity contribution in [3.8, 4) is 23.0 Å². The maximum atomic E-state index is 6.06. The molecule has 0 bridgehead atoms. The molecule has 25 heavy (non-hydrogen) atoms. The van der Waals surface area contributed by atoms with Gasteiger partial charge in [0.2, 0.25) is 0 Å². The number of ether oxygens (including phenoxy) is 4. The van der Waals surface area contributed by atoms with Crippen LogP contribution in [-0.2, 0) is 0 Å². The minimum absolute atomic E-state index is 0.0757. The number of methoxy groups -OCH3 is 4. The van der Waals surface area contributed by atoms with E-state index in [0.717, 1.165) is 17.5 Å². The molecule has 0 fully saturated rings. The molecule has 0 aromatic heterocycles. The van der Waals surface area contributed by atoms with E-state index < -0.39 is 0 Å². The van der Waals surface area contributed by atoms with Crippen LogP contribution in [-0.4, -0.2) is 28.4 Å². The Morgan fingerprint density at radius 2 is 0.960 bits per heavy atom. The zero-order valence-electron chi connectivity index (χ0n) is 15.4. The lowest BCUT2D eigenvalue weighted by Gasteiger charge is -2.21. The van der Waals surface area contributed by atoms with Crippen LogP contribution in [0.3, 0.4) is 0 Å². The third kappa shape index (κ3) is 3.52. The van der Waals surface area contributed by atoms with Gasteiger partial charge in [-0.2, -0.15) is 0 Å². The predicted molar refractivity (Wildman–Crippen MR) is 100 cm³/mol. The Morgan fingerprint density at radius 3 is 1.16 bits per heavy atom. The van der Waals surface area contributed by atoms with Crippen LogP contribution in [0.1, 0.15) is 30.4 Å². The quantitative estimate of drug-likeness (QED) is 0.747. The Balaban J connectivity index is 2.61. The zero-order valence-corrected chi connectivity index (χ0v) is 15.4. The van der Waals surface area contributed by atoms with Crippen LogP contribution in [0.15, 0.2) is 24.3 Å². The molecule has 4 N–H and O–H groups in total. The van der Waals surface area contributed by atoms with E-state index in [1.54, 1.807) is 28.4 Å². The molecule has 0 aliphatic rings. The number of hydrogen-bond acceptors (Lipinski definition) is 6. The first-order chi connectivity index (χ1) is 12.0. The summed E-state index contributed by atoms with van der Waals surface area (Å²) in [5.41, 5.74) is 15.1. The number of hydrogen-bond donors (Lipinski definition) is 2. The maximum absolute atomic E-state index is 6.06. The third-order valence-electron chi connectivity index (χ3n) is 4.35. The van der Waals surface area contributed by atoms with Crippen molar-refractivity contribution < 1.29 is 18.9 Å². The maximum Gasteiger partial charge on any atom is 0.145 e. The van der Waals surface area contributed by atoms with Gasteiger partial charge in [0.05, 0.1) is 28.4 Å². The summed E-state index contributed by atoms with van der Waals surface area (Å²) >= 11 is 0. The Morgan fingerprint density at radius 1 is 0.680 bits per heavy atom. The second kappa shape index (κ2) is 7.88. The lowest BCUT2D eigenvalue weighted by molar-refractivity contribution is 0.395. The lowest BCUT2D eigenvalue weighted by atomic mass is 9.88. The number of anilines is 2. The van der Waals surface area contributed by atoms with Crippen LogP contribution in [0.2, 0.25) is 0 Å². The van der Waals surface area contributed by atoms with Crippen LogP contribution in [0.25, 0.3) is 0 Å². The molecule has 6 heteroatoms. The van der Waals surface area contributed by atoms with Gasteiger partial charge in [-0.15, -0.1) is 0 Å². The van der Waals surface area contributed by atoms with Crippen molar-refractivity contribution in [3.05, 3.63) is 35.4 Å². The van der Waals surface area contributed by atoms with Gasteiger partial charge in [-0.05, 0) is 41.8 Å². The van der Waals surface area contributed by atoms with Crippen molar-refractivity contribution in [1.82, 2.24) is 0 Å². The molecule has 136 valence electrons. The fraction of sp³-hybridized carbons (Fsp3) is 0.368. The molecule has 2 aromatic carbocycles. The molecule has 0 saturated carbocycles. The van der Waals surface area contributed by atoms with Gasteiger partial charge in [0.25, 0.3) is 0 Å². The number of benzene rings is 2. The van der Waals surface area contributed by atoms with Crippen molar-refractivity contribution in [2.75, 3.05) is 39.9 Å². The number of nitrogens with two attached hydrogens (primary N) is 2. The zero-order chi connectivity index (χ0) is 18.6. The Bertz CT molecular complexity index is 635. The van der Waals surface area contributed by atoms with E-state index in [-0.39, 0.29) is 5.92 Å². The smallest absolute Gasteiger partial charge is 0.145 e. The first-order valence-corrected chi connectivity index (χ1v) is 8.03. The Labute approximate surface area is 148 Å². The molecule has 2 rings (SSSR count). The summed E-state index contributed by atoms with van der Waals surface area (Å²) in [6, 6.07) is 7.73. The van der Waals surface area contributed by atoms with E-state index in [4.69, 9.17) is 30.4 Å². The van der Waals surface area contributed by atoms with Crippen molar-refractivity contribution in [3.63, 3.8) is 0 Å². The fourth-order valence-electron chi connectivity index (χ4n) is 2.98. The van der Waals surface area contributed by atoms with Gasteiger partial charge < -0.3 is 30.4 Å². The average molecular weight is 346 g/mol. The Kier molecular flexibility index (Phi) is 5.85. The van der Waals surface area contributed by atoms with Crippen molar-refractivity contribution in [2.45, 2.75) is 19.3 Å². The highest BCUT2D eigenvalue weighted by molar-refractivity contribution is 5.67. The van der Waals surface area contributed by atoms with Crippen molar-refractivity contribution >= 4 is 11.4 Å². The van der Waals surface area contributed by atoms with Gasteiger partial charge in [0.15, 0.2) is 0 Å². The van der Waals surface area contributed by atoms with Gasteiger partial charge in [0, 0.05) is 5.92 Å². The molecule has 0 aliphatic carbocycles. The largest absolute Gasteiger partial charge is 0.494 e. The highest BCUT2D eigenvalue weighted by atomic mass is 16.5. The van der Waals surface area contributed by atoms with Gasteiger partial charge in [-0.3, -0.25) is 0 Å². The summed E-state index contributed by atoms with van der Waals surface area (Å²) in [6.45, 7) is 2.11. The van der Waals surface area contributed by atoms with Crippen LogP contribution in [0.4, 0.5) is 11.4 Å². The van der Waals surface area contributed by atoms with E-state index >= 15 is 0 Å². The molecule has 0 unspecified atom stereocenters. The summed E-state index contributed by atoms with van der Waals surface area (Å²) in [7, 11) is 6.35. The molecule has 2 aromatic rings. The highest BCUT2D eigenvalue weighted by Crippen LogP contribution is 2.42. The second-order valence-electron chi connectivity index (χ2n) is 5.64. The fourth-order valence-corrected chi connectivity index (χ4v) is 2.98. The van der Waals surface area contributed by atoms with Gasteiger partial charge in [0.1, 0.15) is 34.4 Å². The molecule has 6 nitrogen and oxygen atoms in total. The van der Waals surface area contributed by atoms with Crippen molar-refractivity contribution in [2.24, 2.45) is 0 Å². The second-order valence-corrected chi connectivity index (χ2v) is 5.64. The summed E-state index contributed by atoms with van der Waals surface area (Å²) in [5.74, 6) is 2.42. The van der Waals surface area contributed by atoms with Crippen LogP contribution < -0.4 is 30.4 Å². The minimum atomic E-state index is 0.0757. The molecular weight excluding hydrogens is 320 g/mol. The molecule has 0 heterocycles. The first-order valence-electron chi connectivity index (χ1n) is 8.03. The lowest BCUT2D eigenvalue weighted by Crippen LogP contribution is -2.06. The number of nitrogen functional groups attached to an aromatic ring is 2. The molecule has 0 aliphatic heterocycles. The molecule has 0 amide bonds. The summed E-state index contributed by atoms with van der Waals surface area (Å²) in [4.78, 5) is 0. The molecule has 0 spiro atoms. The molecule has 0 radical (unpaired) electrons. The predicted octanol–water partition coefficient (Wildman–Crippen LogP) is 3.43. The van der Waals surface area contributed by atoms with E-state index in [2.05, 4.69) is 6.92 Å². The molecule has 0 saturated heterocycles. The minimum Gasteiger partial charge on any atom is -0.494 e. The topological polar surface area (TPSA) is 89.0 Å². The van der Waals surface area contributed by atoms with Crippen LogP contribution >= 0.6 is 0 Å². The summed E-state index contributed by atoms with van der Waals surface area (Å²) in [5, 5.41) is 0. The monoisotopic (exact) mass is 346 g/mol. The van der Waals surface area contributed by atoms with Gasteiger partial charge in [-0.1, -0.05) is 6.92 Å². The summed E-state index contributed by atoms with van der Waals surface area (Å²) < 4.78 is 21.6. The first kappa shape index (κ1) is 18.6. The highest BCUT2D eigenvalue weighted by Gasteiger charge is 2.20. The standard InChI is InChI=1S/C19H26N2O4/c1-6-13(11-7-14(22-2)18(20)15(8-11)23-3)12-9-16(24-4)19(21)17(10-12)25-5/h7-10,13H,6,20-21H2,1-5H3. The van der Waals surface area contributed by atoms with E-state index in [9.17, 15) is 0 Å². The van der Waals surface area contributed by atoms with E-state index in [0.29, 0.717) is 34.4 Å². The average Bonchev–Trinajstić information content (AvgIpc) is 2.64. The Hall–Kier alpha value is -2.76. The molecular formula is C19H26N2O4. The van der Waals surface area contributed by atoms with Crippen LogP contribution in [0.5, 0.6) is 23.0 Å². The summed E-state index contributed by atoms with van der Waals surface area (Å²) in [6.07, 6.45) is 0.854. The van der Waals surface area contributed by atoms with Gasteiger partial charge >= 0.3 is 0 Å². The number of rotatable bonds is 7. The van der Waals surface area contributed by atoms with E-state index in [1.165, 1.54) is 0 Å². The third-order valence-corrected chi connectivity index (χ3v) is 4.35. The normalized spacial score (nSPS) is 10.6. The van der Waals surface area contributed by atoms with Gasteiger partial charge in [-0.25, -0.2) is 0 Å². The van der Waals surface area contributed by atoms with E-state index in [1.807, 2.05) is 24.3 Å².